The van der Waals surface area contributed by atoms with Crippen molar-refractivity contribution in [2.45, 2.75) is 89.3 Å². The van der Waals surface area contributed by atoms with Crippen molar-refractivity contribution in [1.82, 2.24) is 0 Å². The Hall–Kier alpha value is -0.120. The summed E-state index contributed by atoms with van der Waals surface area (Å²) in [4.78, 5) is 0. The van der Waals surface area contributed by atoms with Gasteiger partial charge in [-0.15, -0.1) is 0 Å². The largest absolute Gasteiger partial charge is 0.375 e. The molecule has 2 saturated carbocycles. The topological polar surface area (TPSA) is 34.3 Å². The summed E-state index contributed by atoms with van der Waals surface area (Å²) in [7, 11) is 0. The van der Waals surface area contributed by atoms with Gasteiger partial charge < -0.3 is 14.2 Å². The Morgan fingerprint density at radius 2 is 1.85 bits per heavy atom. The van der Waals surface area contributed by atoms with Crippen LogP contribution in [0.2, 0.25) is 0 Å². The maximum atomic E-state index is 6.33. The second-order valence-corrected chi connectivity index (χ2v) is 8.74. The molecule has 6 unspecified atom stereocenters. The van der Waals surface area contributed by atoms with Gasteiger partial charge in [0.15, 0.2) is 0 Å². The summed E-state index contributed by atoms with van der Waals surface area (Å²) >= 11 is 0. The number of hydrogen-bond donors (Lipinski definition) is 0. The van der Waals surface area contributed by atoms with Crippen molar-refractivity contribution in [2.75, 3.05) is 6.61 Å². The van der Waals surface area contributed by atoms with Crippen molar-refractivity contribution in [3.8, 4) is 0 Å². The lowest BCUT2D eigenvalue weighted by molar-refractivity contribution is -0.0472. The van der Waals surface area contributed by atoms with Crippen LogP contribution < -0.4 is 0 Å². The minimum Gasteiger partial charge on any atom is -0.375 e. The molecular weight excluding hydrogens is 252 g/mol. The van der Waals surface area contributed by atoms with Crippen molar-refractivity contribution in [2.24, 2.45) is 11.3 Å². The molecule has 0 aromatic heterocycles. The summed E-state index contributed by atoms with van der Waals surface area (Å²) in [5.41, 5.74) is 0.588. The Balaban J connectivity index is 1.33. The van der Waals surface area contributed by atoms with Crippen LogP contribution in [0.25, 0.3) is 0 Å². The summed E-state index contributed by atoms with van der Waals surface area (Å²) in [5.74, 6) is 0.682. The summed E-state index contributed by atoms with van der Waals surface area (Å²) in [6.07, 6.45) is 7.18. The van der Waals surface area contributed by atoms with Crippen LogP contribution >= 0.6 is 0 Å². The first-order valence-electron chi connectivity index (χ1n) is 8.28. The molecule has 3 nitrogen and oxygen atoms in total. The second kappa shape index (κ2) is 3.99. The van der Waals surface area contributed by atoms with Crippen LogP contribution in [0.15, 0.2) is 0 Å². The Labute approximate surface area is 122 Å². The lowest BCUT2D eigenvalue weighted by Gasteiger charge is -2.37. The van der Waals surface area contributed by atoms with E-state index in [2.05, 4.69) is 27.7 Å². The van der Waals surface area contributed by atoms with Gasteiger partial charge in [-0.25, -0.2) is 0 Å². The number of epoxide rings is 2. The van der Waals surface area contributed by atoms with Crippen molar-refractivity contribution < 1.29 is 14.2 Å². The minimum atomic E-state index is 0.00871. The van der Waals surface area contributed by atoms with Crippen LogP contribution in [-0.2, 0) is 14.2 Å². The fourth-order valence-corrected chi connectivity index (χ4v) is 4.44. The van der Waals surface area contributed by atoms with E-state index in [4.69, 9.17) is 14.2 Å². The molecule has 2 aliphatic heterocycles. The predicted octanol–water partition coefficient (Wildman–Crippen LogP) is 3.31. The minimum absolute atomic E-state index is 0.00871. The number of ether oxygens (including phenoxy) is 3. The predicted molar refractivity (Wildman–Crippen MR) is 76.7 cm³/mol. The fraction of sp³-hybridized carbons (Fsp3) is 1.00. The Morgan fingerprint density at radius 3 is 2.60 bits per heavy atom. The molecule has 2 saturated heterocycles. The van der Waals surface area contributed by atoms with Crippen LogP contribution in [0.5, 0.6) is 0 Å². The molecule has 0 spiro atoms. The van der Waals surface area contributed by atoms with E-state index in [1.54, 1.807) is 0 Å². The van der Waals surface area contributed by atoms with Gasteiger partial charge in [-0.2, -0.15) is 0 Å². The third-order valence-electron chi connectivity index (χ3n) is 6.26. The fourth-order valence-electron chi connectivity index (χ4n) is 4.44. The number of hydrogen-bond acceptors (Lipinski definition) is 3. The standard InChI is InChI=1S/C17H28O3/c1-15(2)8-13(17(4)14(9-15)20-17)18-10-11-5-6-16(3)12(7-11)19-16/h11-14H,5-10H2,1-4H3. The monoisotopic (exact) mass is 280 g/mol. The molecule has 0 aromatic carbocycles. The zero-order valence-corrected chi connectivity index (χ0v) is 13.3. The van der Waals surface area contributed by atoms with Gasteiger partial charge in [0.25, 0.3) is 0 Å². The highest BCUT2D eigenvalue weighted by Gasteiger charge is 2.63. The highest BCUT2D eigenvalue weighted by Crippen LogP contribution is 2.55. The van der Waals surface area contributed by atoms with Crippen molar-refractivity contribution in [1.29, 1.82) is 0 Å². The third-order valence-corrected chi connectivity index (χ3v) is 6.26. The highest BCUT2D eigenvalue weighted by molar-refractivity contribution is 5.12. The van der Waals surface area contributed by atoms with Gasteiger partial charge in [-0.05, 0) is 57.3 Å². The van der Waals surface area contributed by atoms with Crippen molar-refractivity contribution in [3.05, 3.63) is 0 Å². The highest BCUT2D eigenvalue weighted by atomic mass is 16.6. The first-order chi connectivity index (χ1) is 9.31. The molecule has 4 rings (SSSR count). The van der Waals surface area contributed by atoms with Gasteiger partial charge in [0.05, 0.1) is 30.5 Å². The molecule has 0 amide bonds. The molecule has 4 aliphatic rings. The maximum Gasteiger partial charge on any atom is 0.118 e. The first kappa shape index (κ1) is 13.5. The Bertz CT molecular complexity index is 420. The molecule has 2 heterocycles. The summed E-state index contributed by atoms with van der Waals surface area (Å²) in [6.45, 7) is 10.1. The SMILES string of the molecule is CC1(C)CC(OCC2CCC3(C)OC3C2)C2(C)OC2C1. The zero-order chi connectivity index (χ0) is 14.2. The van der Waals surface area contributed by atoms with Gasteiger partial charge in [-0.3, -0.25) is 0 Å². The average molecular weight is 280 g/mol. The van der Waals surface area contributed by atoms with E-state index in [9.17, 15) is 0 Å². The number of rotatable bonds is 3. The third kappa shape index (κ3) is 2.13. The molecule has 0 N–H and O–H groups in total. The molecular formula is C17H28O3. The average Bonchev–Trinajstić information content (AvgIpc) is 3.19. The lowest BCUT2D eigenvalue weighted by atomic mass is 9.72. The quantitative estimate of drug-likeness (QED) is 0.744. The molecule has 2 aliphatic carbocycles. The zero-order valence-electron chi connectivity index (χ0n) is 13.3. The van der Waals surface area contributed by atoms with Crippen LogP contribution in [0.3, 0.4) is 0 Å². The van der Waals surface area contributed by atoms with Crippen LogP contribution in [0, 0.1) is 11.3 Å². The van der Waals surface area contributed by atoms with Crippen molar-refractivity contribution >= 4 is 0 Å². The van der Waals surface area contributed by atoms with Crippen molar-refractivity contribution in [3.63, 3.8) is 0 Å². The van der Waals surface area contributed by atoms with E-state index in [-0.39, 0.29) is 17.3 Å². The maximum absolute atomic E-state index is 6.33. The van der Waals surface area contributed by atoms with E-state index in [0.717, 1.165) is 13.0 Å². The normalized spacial score (nSPS) is 55.8. The van der Waals surface area contributed by atoms with Crippen LogP contribution in [-0.4, -0.2) is 36.1 Å². The second-order valence-electron chi connectivity index (χ2n) is 8.74. The molecule has 114 valence electrons. The van der Waals surface area contributed by atoms with Gasteiger partial charge in [0.2, 0.25) is 0 Å². The molecule has 20 heavy (non-hydrogen) atoms. The van der Waals surface area contributed by atoms with Gasteiger partial charge in [-0.1, -0.05) is 13.8 Å². The van der Waals surface area contributed by atoms with Crippen LogP contribution in [0.1, 0.15) is 59.8 Å². The molecule has 0 radical (unpaired) electrons. The molecule has 0 bridgehead atoms. The smallest absolute Gasteiger partial charge is 0.118 e. The Kier molecular flexibility index (Phi) is 2.70. The van der Waals surface area contributed by atoms with Crippen LogP contribution in [0.4, 0.5) is 0 Å². The van der Waals surface area contributed by atoms with Gasteiger partial charge in [0, 0.05) is 0 Å². The Morgan fingerprint density at radius 1 is 1.05 bits per heavy atom. The van der Waals surface area contributed by atoms with Gasteiger partial charge in [0.1, 0.15) is 5.60 Å². The molecule has 6 atom stereocenters. The van der Waals surface area contributed by atoms with E-state index >= 15 is 0 Å². The van der Waals surface area contributed by atoms with E-state index in [1.165, 1.54) is 25.7 Å². The first-order valence-corrected chi connectivity index (χ1v) is 8.28. The molecule has 3 heteroatoms. The summed E-state index contributed by atoms with van der Waals surface area (Å²) in [6, 6.07) is 0. The summed E-state index contributed by atoms with van der Waals surface area (Å²) < 4.78 is 18.1. The molecule has 0 aromatic rings. The number of fused-ring (bicyclic) bond motifs is 2. The van der Waals surface area contributed by atoms with Gasteiger partial charge >= 0.3 is 0 Å². The summed E-state index contributed by atoms with van der Waals surface area (Å²) in [5, 5.41) is 0. The molecule has 4 fully saturated rings. The van der Waals surface area contributed by atoms with E-state index in [1.807, 2.05) is 0 Å². The lowest BCUT2D eigenvalue weighted by Crippen LogP contribution is -2.42. The van der Waals surface area contributed by atoms with E-state index < -0.39 is 0 Å². The van der Waals surface area contributed by atoms with E-state index in [0.29, 0.717) is 23.5 Å².